The van der Waals surface area contributed by atoms with E-state index in [9.17, 15) is 14.7 Å². The first-order valence-corrected chi connectivity index (χ1v) is 17.4. The number of carbonyl (C=O) groups excluding carboxylic acids is 2. The number of hydrogen-bond donors (Lipinski definition) is 3. The molecule has 2 aliphatic rings. The lowest BCUT2D eigenvalue weighted by atomic mass is 9.96. The number of aliphatic hydroxyl groups excluding tert-OH is 1. The van der Waals surface area contributed by atoms with Gasteiger partial charge in [-0.15, -0.1) is 0 Å². The first-order valence-electron chi connectivity index (χ1n) is 17.4. The van der Waals surface area contributed by atoms with Crippen molar-refractivity contribution in [1.82, 2.24) is 15.1 Å². The van der Waals surface area contributed by atoms with Crippen LogP contribution in [0.15, 0.2) is 42.5 Å². The van der Waals surface area contributed by atoms with Gasteiger partial charge in [0.05, 0.1) is 37.5 Å². The maximum atomic E-state index is 14.4. The number of urea groups is 1. The molecule has 0 spiro atoms. The fraction of sp³-hybridized carbons (Fsp3) is 0.622. The van der Waals surface area contributed by atoms with Crippen LogP contribution in [0.1, 0.15) is 88.1 Å². The van der Waals surface area contributed by atoms with E-state index in [0.29, 0.717) is 36.7 Å². The lowest BCUT2D eigenvalue weighted by Crippen LogP contribution is -2.47. The summed E-state index contributed by atoms with van der Waals surface area (Å²) in [6.45, 7) is 8.22. The minimum Gasteiger partial charge on any atom is -0.497 e. The third-order valence-corrected chi connectivity index (χ3v) is 9.35. The molecule has 0 aromatic heterocycles. The van der Waals surface area contributed by atoms with E-state index in [0.717, 1.165) is 57.2 Å². The SMILES string of the molecule is COc1ccc(CN(C)C[C@H]2OCCCC[C@H](C)Oc3ccc(NC(=O)NC4CCCCC4)cc3C(=O)N([C@@H](C)CO)C[C@H]2C)cc1. The lowest BCUT2D eigenvalue weighted by molar-refractivity contribution is -0.0177. The number of benzene rings is 2. The number of carbonyl (C=O) groups is 2. The van der Waals surface area contributed by atoms with Crippen molar-refractivity contribution in [2.24, 2.45) is 5.92 Å². The molecule has 0 saturated heterocycles. The largest absolute Gasteiger partial charge is 0.497 e. The van der Waals surface area contributed by atoms with Crippen molar-refractivity contribution in [3.63, 3.8) is 0 Å². The Bertz CT molecular complexity index is 1270. The Morgan fingerprint density at radius 3 is 2.49 bits per heavy atom. The molecule has 1 fully saturated rings. The molecule has 1 saturated carbocycles. The molecule has 0 unspecified atom stereocenters. The molecule has 1 aliphatic carbocycles. The molecule has 47 heavy (non-hydrogen) atoms. The molecule has 3 N–H and O–H groups in total. The second kappa shape index (κ2) is 18.3. The van der Waals surface area contributed by atoms with E-state index >= 15 is 0 Å². The summed E-state index contributed by atoms with van der Waals surface area (Å²) in [5.74, 6) is 1.03. The smallest absolute Gasteiger partial charge is 0.319 e. The van der Waals surface area contributed by atoms with E-state index in [-0.39, 0.29) is 42.7 Å². The topological polar surface area (TPSA) is 113 Å². The van der Waals surface area contributed by atoms with Crippen molar-refractivity contribution in [1.29, 1.82) is 0 Å². The van der Waals surface area contributed by atoms with E-state index in [1.165, 1.54) is 12.0 Å². The average Bonchev–Trinajstić information content (AvgIpc) is 3.06. The number of ether oxygens (including phenoxy) is 3. The highest BCUT2D eigenvalue weighted by Crippen LogP contribution is 2.29. The standard InChI is InChI=1S/C37H56N4O6/c1-26-22-41(27(2)25-42)36(43)33-21-31(39-37(44)38-30-12-7-6-8-13-30)16-19-34(33)47-28(3)11-9-10-20-46-35(26)24-40(4)23-29-14-17-32(45-5)18-15-29/h14-19,21,26-28,30,35,42H,6-13,20,22-25H2,1-5H3,(H2,38,39,44)/t26-,27+,28+,35-/m1/s1. The van der Waals surface area contributed by atoms with Crippen LogP contribution in [-0.2, 0) is 11.3 Å². The Balaban J connectivity index is 1.55. The molecule has 4 atom stereocenters. The van der Waals surface area contributed by atoms with E-state index in [2.05, 4.69) is 41.6 Å². The van der Waals surface area contributed by atoms with E-state index in [1.807, 2.05) is 26.0 Å². The van der Waals surface area contributed by atoms with Crippen molar-refractivity contribution < 1.29 is 28.9 Å². The predicted octanol–water partition coefficient (Wildman–Crippen LogP) is 6.08. The second-order valence-corrected chi connectivity index (χ2v) is 13.5. The molecular weight excluding hydrogens is 596 g/mol. The fourth-order valence-corrected chi connectivity index (χ4v) is 6.48. The number of aliphatic hydroxyl groups is 1. The molecule has 2 aromatic carbocycles. The summed E-state index contributed by atoms with van der Waals surface area (Å²) >= 11 is 0. The van der Waals surface area contributed by atoms with Crippen molar-refractivity contribution in [3.05, 3.63) is 53.6 Å². The highest BCUT2D eigenvalue weighted by molar-refractivity contribution is 5.99. The van der Waals surface area contributed by atoms with Gasteiger partial charge in [0, 0.05) is 43.9 Å². The molecule has 1 heterocycles. The highest BCUT2D eigenvalue weighted by atomic mass is 16.5. The van der Waals surface area contributed by atoms with Gasteiger partial charge < -0.3 is 34.9 Å². The number of rotatable bonds is 9. The first-order chi connectivity index (χ1) is 22.7. The van der Waals surface area contributed by atoms with Crippen LogP contribution >= 0.6 is 0 Å². The van der Waals surface area contributed by atoms with Crippen LogP contribution < -0.4 is 20.1 Å². The number of fused-ring (bicyclic) bond motifs is 1. The van der Waals surface area contributed by atoms with Gasteiger partial charge in [-0.05, 0) is 88.9 Å². The number of nitrogens with zero attached hydrogens (tertiary/aromatic N) is 2. The monoisotopic (exact) mass is 652 g/mol. The molecule has 4 rings (SSSR count). The molecule has 10 heteroatoms. The Morgan fingerprint density at radius 2 is 1.79 bits per heavy atom. The minimum absolute atomic E-state index is 0.0277. The van der Waals surface area contributed by atoms with Gasteiger partial charge in [0.2, 0.25) is 0 Å². The van der Waals surface area contributed by atoms with Gasteiger partial charge in [0.1, 0.15) is 11.5 Å². The third kappa shape index (κ3) is 11.1. The number of hydrogen-bond acceptors (Lipinski definition) is 7. The van der Waals surface area contributed by atoms with Crippen LogP contribution in [0.25, 0.3) is 0 Å². The maximum Gasteiger partial charge on any atom is 0.319 e. The molecule has 260 valence electrons. The summed E-state index contributed by atoms with van der Waals surface area (Å²) in [4.78, 5) is 31.2. The Morgan fingerprint density at radius 1 is 1.06 bits per heavy atom. The van der Waals surface area contributed by atoms with Gasteiger partial charge in [-0.3, -0.25) is 9.69 Å². The maximum absolute atomic E-state index is 14.4. The van der Waals surface area contributed by atoms with Gasteiger partial charge in [-0.2, -0.15) is 0 Å². The number of anilines is 1. The summed E-state index contributed by atoms with van der Waals surface area (Å²) in [5, 5.41) is 16.3. The van der Waals surface area contributed by atoms with E-state index in [1.54, 1.807) is 30.2 Å². The van der Waals surface area contributed by atoms with Crippen LogP contribution in [0, 0.1) is 5.92 Å². The Labute approximate surface area is 281 Å². The van der Waals surface area contributed by atoms with Crippen molar-refractivity contribution in [3.8, 4) is 11.5 Å². The number of likely N-dealkylation sites (N-methyl/N-ethyl adjacent to an activating group) is 1. The summed E-state index contributed by atoms with van der Waals surface area (Å²) in [7, 11) is 3.75. The van der Waals surface area contributed by atoms with E-state index < -0.39 is 6.04 Å². The summed E-state index contributed by atoms with van der Waals surface area (Å²) in [6.07, 6.45) is 7.81. The zero-order valence-corrected chi connectivity index (χ0v) is 29.0. The average molecular weight is 653 g/mol. The van der Waals surface area contributed by atoms with Crippen molar-refractivity contribution in [2.75, 3.05) is 45.8 Å². The van der Waals surface area contributed by atoms with Crippen molar-refractivity contribution >= 4 is 17.6 Å². The van der Waals surface area contributed by atoms with Gasteiger partial charge in [-0.1, -0.05) is 38.3 Å². The molecule has 3 amide bonds. The van der Waals surface area contributed by atoms with Gasteiger partial charge in [-0.25, -0.2) is 4.79 Å². The van der Waals surface area contributed by atoms with Crippen LogP contribution in [0.3, 0.4) is 0 Å². The fourth-order valence-electron chi connectivity index (χ4n) is 6.48. The predicted molar refractivity (Wildman–Crippen MR) is 185 cm³/mol. The normalized spacial score (nSPS) is 22.5. The Hall–Kier alpha value is -3.34. The quantitative estimate of drug-likeness (QED) is 0.301. The summed E-state index contributed by atoms with van der Waals surface area (Å²) in [6, 6.07) is 12.8. The number of methoxy groups -OCH3 is 1. The van der Waals surface area contributed by atoms with Crippen LogP contribution in [-0.4, -0.2) is 91.6 Å². The summed E-state index contributed by atoms with van der Waals surface area (Å²) in [5.41, 5.74) is 2.06. The van der Waals surface area contributed by atoms with Crippen LogP contribution in [0.4, 0.5) is 10.5 Å². The summed E-state index contributed by atoms with van der Waals surface area (Å²) < 4.78 is 18.2. The molecule has 0 bridgehead atoms. The lowest BCUT2D eigenvalue weighted by Gasteiger charge is -2.36. The molecule has 10 nitrogen and oxygen atoms in total. The first kappa shape index (κ1) is 36.5. The molecular formula is C37H56N4O6. The van der Waals surface area contributed by atoms with E-state index in [4.69, 9.17) is 14.2 Å². The van der Waals surface area contributed by atoms with Gasteiger partial charge in [0.15, 0.2) is 0 Å². The molecule has 1 aliphatic heterocycles. The zero-order valence-electron chi connectivity index (χ0n) is 29.0. The number of amides is 3. The zero-order chi connectivity index (χ0) is 33.8. The van der Waals surface area contributed by atoms with Gasteiger partial charge in [0.25, 0.3) is 5.91 Å². The molecule has 2 aromatic rings. The van der Waals surface area contributed by atoms with Crippen LogP contribution in [0.5, 0.6) is 11.5 Å². The third-order valence-electron chi connectivity index (χ3n) is 9.35. The van der Waals surface area contributed by atoms with Crippen molar-refractivity contribution in [2.45, 2.75) is 103 Å². The van der Waals surface area contributed by atoms with Crippen LogP contribution in [0.2, 0.25) is 0 Å². The highest BCUT2D eigenvalue weighted by Gasteiger charge is 2.30. The molecule has 0 radical (unpaired) electrons. The second-order valence-electron chi connectivity index (χ2n) is 13.5. The number of nitrogens with one attached hydrogen (secondary N) is 2. The van der Waals surface area contributed by atoms with Gasteiger partial charge >= 0.3 is 6.03 Å². The Kier molecular flexibility index (Phi) is 14.2. The minimum atomic E-state index is -0.438.